The molecule has 0 spiro atoms. The lowest BCUT2D eigenvalue weighted by Crippen LogP contribution is -2.20. The number of aromatic hydroxyl groups is 1. The van der Waals surface area contributed by atoms with E-state index in [-0.39, 0.29) is 11.7 Å². The van der Waals surface area contributed by atoms with Gasteiger partial charge in [0.1, 0.15) is 11.6 Å². The molecule has 3 aromatic heterocycles. The highest BCUT2D eigenvalue weighted by Crippen LogP contribution is 2.50. The van der Waals surface area contributed by atoms with Gasteiger partial charge in [0.05, 0.1) is 23.5 Å². The Morgan fingerprint density at radius 1 is 1.44 bits per heavy atom. The molecule has 0 bridgehead atoms. The first-order valence-electron chi connectivity index (χ1n) is 8.03. The van der Waals surface area contributed by atoms with Crippen LogP contribution in [0.15, 0.2) is 30.7 Å². The minimum atomic E-state index is -0.598. The van der Waals surface area contributed by atoms with Gasteiger partial charge < -0.3 is 10.4 Å². The van der Waals surface area contributed by atoms with Crippen molar-refractivity contribution in [3.63, 3.8) is 0 Å². The first-order chi connectivity index (χ1) is 12.0. The summed E-state index contributed by atoms with van der Waals surface area (Å²) in [6, 6.07) is 3.01. The molecule has 4 rings (SSSR count). The number of carbonyl (C=O) groups excluding carboxylic acids is 1. The fourth-order valence-electron chi connectivity index (χ4n) is 2.94. The van der Waals surface area contributed by atoms with Gasteiger partial charge in [0.2, 0.25) is 5.88 Å². The van der Waals surface area contributed by atoms with E-state index in [4.69, 9.17) is 0 Å². The molecule has 128 valence electrons. The van der Waals surface area contributed by atoms with Crippen LogP contribution in [0.1, 0.15) is 42.1 Å². The highest BCUT2D eigenvalue weighted by Gasteiger charge is 2.47. The zero-order valence-corrected chi connectivity index (χ0v) is 13.5. The standard InChI is InChI=1S/C17H16FN5O2/c1-2-13(24)11-9-20-23-6-3-14(21-15(11)23)22-17(4-5-17)12-7-10(18)8-19-16(12)25/h3,6-9H,2,4-5H2,1H3,(H,19,25)(H,21,22). The number of carbonyl (C=O) groups is 1. The minimum absolute atomic E-state index is 0.0345. The normalized spacial score (nSPS) is 15.3. The minimum Gasteiger partial charge on any atom is -0.493 e. The van der Waals surface area contributed by atoms with Crippen molar-refractivity contribution in [1.29, 1.82) is 0 Å². The van der Waals surface area contributed by atoms with E-state index in [2.05, 4.69) is 20.4 Å². The lowest BCUT2D eigenvalue weighted by atomic mass is 10.1. The summed E-state index contributed by atoms with van der Waals surface area (Å²) in [4.78, 5) is 20.2. The summed E-state index contributed by atoms with van der Waals surface area (Å²) < 4.78 is 15.1. The molecule has 7 nitrogen and oxygen atoms in total. The van der Waals surface area contributed by atoms with E-state index in [1.54, 1.807) is 19.2 Å². The van der Waals surface area contributed by atoms with Gasteiger partial charge in [0.25, 0.3) is 0 Å². The van der Waals surface area contributed by atoms with Gasteiger partial charge >= 0.3 is 0 Å². The fourth-order valence-corrected chi connectivity index (χ4v) is 2.94. The maximum Gasteiger partial charge on any atom is 0.216 e. The van der Waals surface area contributed by atoms with Gasteiger partial charge in [-0.1, -0.05) is 6.92 Å². The number of halogens is 1. The third kappa shape index (κ3) is 2.59. The number of Topliss-reactive ketones (excluding diaryl/α,β-unsaturated/α-hetero) is 1. The van der Waals surface area contributed by atoms with E-state index >= 15 is 0 Å². The van der Waals surface area contributed by atoms with Crippen LogP contribution < -0.4 is 5.32 Å². The Labute approximate surface area is 142 Å². The van der Waals surface area contributed by atoms with Crippen molar-refractivity contribution in [3.05, 3.63) is 47.7 Å². The fraction of sp³-hybridized carbons (Fsp3) is 0.294. The van der Waals surface area contributed by atoms with Crippen molar-refractivity contribution in [2.45, 2.75) is 31.7 Å². The Morgan fingerprint density at radius 2 is 2.24 bits per heavy atom. The summed E-state index contributed by atoms with van der Waals surface area (Å²) in [5.41, 5.74) is 0.743. The average molecular weight is 341 g/mol. The number of anilines is 1. The predicted octanol–water partition coefficient (Wildman–Crippen LogP) is 2.66. The van der Waals surface area contributed by atoms with Gasteiger partial charge in [0.15, 0.2) is 11.4 Å². The van der Waals surface area contributed by atoms with Crippen LogP contribution in [0.5, 0.6) is 5.88 Å². The molecule has 1 aliphatic rings. The Kier molecular flexibility index (Phi) is 3.41. The molecule has 25 heavy (non-hydrogen) atoms. The molecule has 0 aromatic carbocycles. The van der Waals surface area contributed by atoms with Gasteiger partial charge in [-0.05, 0) is 25.0 Å². The maximum atomic E-state index is 13.5. The maximum absolute atomic E-state index is 13.5. The number of ketones is 1. The number of nitrogens with one attached hydrogen (secondary N) is 1. The molecule has 2 N–H and O–H groups in total. The summed E-state index contributed by atoms with van der Waals surface area (Å²) in [6.07, 6.45) is 6.00. The van der Waals surface area contributed by atoms with E-state index in [0.29, 0.717) is 29.0 Å². The SMILES string of the molecule is CCC(=O)c1cnn2ccc(NC3(c4cc(F)cnc4O)CC3)nc12. The smallest absolute Gasteiger partial charge is 0.216 e. The number of rotatable bonds is 5. The third-order valence-corrected chi connectivity index (χ3v) is 4.46. The van der Waals surface area contributed by atoms with Gasteiger partial charge in [-0.25, -0.2) is 18.9 Å². The molecule has 0 radical (unpaired) electrons. The van der Waals surface area contributed by atoms with Crippen LogP contribution in [-0.2, 0) is 5.54 Å². The van der Waals surface area contributed by atoms with Crippen molar-refractivity contribution in [2.75, 3.05) is 5.32 Å². The Hall–Kier alpha value is -3.03. The van der Waals surface area contributed by atoms with Crippen LogP contribution in [0.4, 0.5) is 10.2 Å². The number of aromatic nitrogens is 4. The van der Waals surface area contributed by atoms with Crippen molar-refractivity contribution in [3.8, 4) is 5.88 Å². The van der Waals surface area contributed by atoms with Crippen LogP contribution in [0, 0.1) is 5.82 Å². The number of fused-ring (bicyclic) bond motifs is 1. The van der Waals surface area contributed by atoms with Crippen molar-refractivity contribution >= 4 is 17.2 Å². The highest BCUT2D eigenvalue weighted by atomic mass is 19.1. The molecule has 0 atom stereocenters. The molecule has 0 saturated heterocycles. The van der Waals surface area contributed by atoms with Crippen LogP contribution in [-0.4, -0.2) is 30.5 Å². The molecule has 1 fully saturated rings. The summed E-state index contributed by atoms with van der Waals surface area (Å²) in [5, 5.41) is 17.4. The number of nitrogens with zero attached hydrogens (tertiary/aromatic N) is 4. The van der Waals surface area contributed by atoms with E-state index in [1.165, 1.54) is 16.8 Å². The second-order valence-corrected chi connectivity index (χ2v) is 6.15. The third-order valence-electron chi connectivity index (χ3n) is 4.46. The first kappa shape index (κ1) is 15.5. The molecular weight excluding hydrogens is 325 g/mol. The van der Waals surface area contributed by atoms with Gasteiger partial charge in [0, 0.05) is 18.2 Å². The summed E-state index contributed by atoms with van der Waals surface area (Å²) >= 11 is 0. The molecule has 3 heterocycles. The first-order valence-corrected chi connectivity index (χ1v) is 8.03. The van der Waals surface area contributed by atoms with Crippen LogP contribution in [0.2, 0.25) is 0 Å². The summed E-state index contributed by atoms with van der Waals surface area (Å²) in [6.45, 7) is 1.78. The van der Waals surface area contributed by atoms with Crippen LogP contribution in [0.25, 0.3) is 5.65 Å². The highest BCUT2D eigenvalue weighted by molar-refractivity contribution is 6.01. The zero-order valence-electron chi connectivity index (χ0n) is 13.5. The van der Waals surface area contributed by atoms with Gasteiger partial charge in [-0.3, -0.25) is 4.79 Å². The molecular formula is C17H16FN5O2. The predicted molar refractivity (Wildman–Crippen MR) is 88.0 cm³/mol. The Morgan fingerprint density at radius 3 is 2.96 bits per heavy atom. The van der Waals surface area contributed by atoms with Gasteiger partial charge in [-0.2, -0.15) is 5.10 Å². The molecule has 1 aliphatic carbocycles. The van der Waals surface area contributed by atoms with E-state index in [9.17, 15) is 14.3 Å². The van der Waals surface area contributed by atoms with Crippen molar-refractivity contribution < 1.29 is 14.3 Å². The number of pyridine rings is 1. The molecule has 0 aliphatic heterocycles. The van der Waals surface area contributed by atoms with Crippen molar-refractivity contribution in [2.24, 2.45) is 0 Å². The second-order valence-electron chi connectivity index (χ2n) is 6.15. The Balaban J connectivity index is 1.71. The van der Waals surface area contributed by atoms with E-state index in [1.807, 2.05) is 0 Å². The Bertz CT molecular complexity index is 980. The quantitative estimate of drug-likeness (QED) is 0.693. The number of hydrogen-bond acceptors (Lipinski definition) is 6. The summed E-state index contributed by atoms with van der Waals surface area (Å²) in [7, 11) is 0. The van der Waals surface area contributed by atoms with Gasteiger partial charge in [-0.15, -0.1) is 0 Å². The van der Waals surface area contributed by atoms with E-state index < -0.39 is 11.4 Å². The van der Waals surface area contributed by atoms with Crippen LogP contribution in [0.3, 0.4) is 0 Å². The molecule has 8 heteroatoms. The number of hydrogen-bond donors (Lipinski definition) is 2. The monoisotopic (exact) mass is 341 g/mol. The molecule has 1 saturated carbocycles. The lowest BCUT2D eigenvalue weighted by molar-refractivity contribution is 0.0989. The van der Waals surface area contributed by atoms with E-state index in [0.717, 1.165) is 19.0 Å². The molecule has 3 aromatic rings. The molecule has 0 unspecified atom stereocenters. The summed E-state index contributed by atoms with van der Waals surface area (Å²) in [5.74, 6) is -0.207. The molecule has 0 amide bonds. The largest absolute Gasteiger partial charge is 0.493 e. The van der Waals surface area contributed by atoms with Crippen LogP contribution >= 0.6 is 0 Å². The van der Waals surface area contributed by atoms with Crippen molar-refractivity contribution in [1.82, 2.24) is 19.6 Å². The second kappa shape index (κ2) is 5.51. The topological polar surface area (TPSA) is 92.4 Å². The zero-order chi connectivity index (χ0) is 17.6. The lowest BCUT2D eigenvalue weighted by Gasteiger charge is -2.19. The average Bonchev–Trinajstić information content (AvgIpc) is 3.26.